The van der Waals surface area contributed by atoms with E-state index in [-0.39, 0.29) is 0 Å². The average molecular weight is 142 g/mol. The van der Waals surface area contributed by atoms with Crippen LogP contribution in [0.5, 0.6) is 0 Å². The van der Waals surface area contributed by atoms with Gasteiger partial charge in [0.25, 0.3) is 0 Å². The summed E-state index contributed by atoms with van der Waals surface area (Å²) in [6, 6.07) is 0. The van der Waals surface area contributed by atoms with Crippen molar-refractivity contribution in [1.82, 2.24) is 0 Å². The van der Waals surface area contributed by atoms with Gasteiger partial charge in [0.15, 0.2) is 0 Å². The largest absolute Gasteiger partial charge is 0.481 e. The predicted octanol–water partition coefficient (Wildman–Crippen LogP) is 1.90. The molecule has 0 saturated heterocycles. The molecule has 0 aromatic carbocycles. The zero-order valence-electron chi connectivity index (χ0n) is 6.34. The van der Waals surface area contributed by atoms with Crippen LogP contribution in [0.4, 0.5) is 0 Å². The number of carboxylic acids is 1. The van der Waals surface area contributed by atoms with Gasteiger partial charge >= 0.3 is 5.97 Å². The Kier molecular flexibility index (Phi) is 2.30. The molecule has 1 N–H and O–H groups in total. The van der Waals surface area contributed by atoms with Crippen LogP contribution in [0.2, 0.25) is 0 Å². The molecule has 58 valence electrons. The van der Waals surface area contributed by atoms with Gasteiger partial charge in [-0.1, -0.05) is 26.2 Å². The van der Waals surface area contributed by atoms with Crippen molar-refractivity contribution in [2.75, 3.05) is 0 Å². The first-order valence-corrected chi connectivity index (χ1v) is 3.92. The van der Waals surface area contributed by atoms with Gasteiger partial charge in [0.05, 0.1) is 0 Å². The van der Waals surface area contributed by atoms with E-state index in [1.165, 1.54) is 19.3 Å². The first-order valence-electron chi connectivity index (χ1n) is 3.92. The van der Waals surface area contributed by atoms with E-state index in [4.69, 9.17) is 5.11 Å². The lowest BCUT2D eigenvalue weighted by Crippen LogP contribution is -2.21. The fourth-order valence-electron chi connectivity index (χ4n) is 1.45. The monoisotopic (exact) mass is 142 g/mol. The molecule has 1 atom stereocenters. The van der Waals surface area contributed by atoms with E-state index < -0.39 is 5.97 Å². The third-order valence-electron chi connectivity index (χ3n) is 2.45. The van der Waals surface area contributed by atoms with Gasteiger partial charge < -0.3 is 5.11 Å². The molecule has 0 spiro atoms. The maximum absolute atomic E-state index is 10.3. The highest BCUT2D eigenvalue weighted by molar-refractivity contribution is 5.67. The Labute approximate surface area is 61.2 Å². The second-order valence-corrected chi connectivity index (χ2v) is 3.27. The molecule has 1 aliphatic carbocycles. The summed E-state index contributed by atoms with van der Waals surface area (Å²) in [6.45, 7) is 2.04. The van der Waals surface area contributed by atoms with Crippen LogP contribution in [-0.2, 0) is 4.79 Å². The van der Waals surface area contributed by atoms with Crippen molar-refractivity contribution in [3.05, 3.63) is 0 Å². The summed E-state index contributed by atoms with van der Waals surface area (Å²) in [5.74, 6) is 0.446. The van der Waals surface area contributed by atoms with Gasteiger partial charge in [0, 0.05) is 6.42 Å². The Morgan fingerprint density at radius 2 is 2.30 bits per heavy atom. The summed E-state index contributed by atoms with van der Waals surface area (Å²) in [4.78, 5) is 10.3. The van der Waals surface area contributed by atoms with E-state index in [0.29, 0.717) is 18.3 Å². The molecule has 2 nitrogen and oxygen atoms in total. The Hall–Kier alpha value is -0.530. The molecule has 0 heterocycles. The SMILES string of the molecule is CC(CC(=O)O)C1CCC1. The zero-order valence-corrected chi connectivity index (χ0v) is 6.34. The highest BCUT2D eigenvalue weighted by Gasteiger charge is 2.24. The van der Waals surface area contributed by atoms with Gasteiger partial charge in [-0.05, 0) is 11.8 Å². The van der Waals surface area contributed by atoms with Crippen LogP contribution < -0.4 is 0 Å². The highest BCUT2D eigenvalue weighted by atomic mass is 16.4. The zero-order chi connectivity index (χ0) is 7.56. The van der Waals surface area contributed by atoms with Crippen LogP contribution in [0.25, 0.3) is 0 Å². The van der Waals surface area contributed by atoms with Crippen molar-refractivity contribution in [3.8, 4) is 0 Å². The molecular weight excluding hydrogens is 128 g/mol. The van der Waals surface area contributed by atoms with Crippen LogP contribution in [0.1, 0.15) is 32.6 Å². The van der Waals surface area contributed by atoms with Crippen molar-refractivity contribution in [1.29, 1.82) is 0 Å². The minimum atomic E-state index is -0.653. The summed E-state index contributed by atoms with van der Waals surface area (Å²) in [6.07, 6.45) is 4.14. The van der Waals surface area contributed by atoms with E-state index >= 15 is 0 Å². The molecule has 1 fully saturated rings. The lowest BCUT2D eigenvalue weighted by atomic mass is 9.75. The Balaban J connectivity index is 2.19. The molecule has 1 unspecified atom stereocenters. The molecule has 0 bridgehead atoms. The first-order chi connectivity index (χ1) is 4.70. The van der Waals surface area contributed by atoms with Crippen LogP contribution in [0.3, 0.4) is 0 Å². The van der Waals surface area contributed by atoms with E-state index in [0.717, 1.165) is 0 Å². The third-order valence-corrected chi connectivity index (χ3v) is 2.45. The van der Waals surface area contributed by atoms with E-state index in [9.17, 15) is 4.79 Å². The maximum atomic E-state index is 10.3. The summed E-state index contributed by atoms with van der Waals surface area (Å²) in [5.41, 5.74) is 0. The van der Waals surface area contributed by atoms with E-state index in [1.54, 1.807) is 0 Å². The molecule has 0 aromatic heterocycles. The Morgan fingerprint density at radius 1 is 1.70 bits per heavy atom. The quantitative estimate of drug-likeness (QED) is 0.653. The summed E-state index contributed by atoms with van der Waals surface area (Å²) in [5, 5.41) is 8.45. The van der Waals surface area contributed by atoms with Gasteiger partial charge in [-0.15, -0.1) is 0 Å². The van der Waals surface area contributed by atoms with Crippen LogP contribution >= 0.6 is 0 Å². The third kappa shape index (κ3) is 1.72. The van der Waals surface area contributed by atoms with Crippen LogP contribution in [0.15, 0.2) is 0 Å². The molecule has 0 aromatic rings. The van der Waals surface area contributed by atoms with Crippen molar-refractivity contribution < 1.29 is 9.90 Å². The minimum absolute atomic E-state index is 0.352. The molecule has 0 aliphatic heterocycles. The van der Waals surface area contributed by atoms with E-state index in [2.05, 4.69) is 0 Å². The number of carbonyl (C=O) groups is 1. The van der Waals surface area contributed by atoms with Gasteiger partial charge in [-0.2, -0.15) is 0 Å². The minimum Gasteiger partial charge on any atom is -0.481 e. The molecular formula is C8H14O2. The second kappa shape index (κ2) is 3.04. The number of hydrogen-bond acceptors (Lipinski definition) is 1. The molecule has 1 saturated carbocycles. The number of rotatable bonds is 3. The Bertz CT molecular complexity index is 127. The van der Waals surface area contributed by atoms with Gasteiger partial charge in [-0.3, -0.25) is 4.79 Å². The first kappa shape index (κ1) is 7.58. The summed E-state index contributed by atoms with van der Waals surface area (Å²) >= 11 is 0. The predicted molar refractivity (Wildman–Crippen MR) is 38.8 cm³/mol. The normalized spacial score (nSPS) is 21.7. The fraction of sp³-hybridized carbons (Fsp3) is 0.875. The van der Waals surface area contributed by atoms with Crippen molar-refractivity contribution in [2.45, 2.75) is 32.6 Å². The number of carboxylic acid groups (broad SMARTS) is 1. The molecule has 10 heavy (non-hydrogen) atoms. The lowest BCUT2D eigenvalue weighted by Gasteiger charge is -2.30. The van der Waals surface area contributed by atoms with Crippen molar-refractivity contribution in [3.63, 3.8) is 0 Å². The van der Waals surface area contributed by atoms with Crippen molar-refractivity contribution >= 4 is 5.97 Å². The lowest BCUT2D eigenvalue weighted by molar-refractivity contribution is -0.138. The highest BCUT2D eigenvalue weighted by Crippen LogP contribution is 2.34. The van der Waals surface area contributed by atoms with Gasteiger partial charge in [0.1, 0.15) is 0 Å². The van der Waals surface area contributed by atoms with Crippen molar-refractivity contribution in [2.24, 2.45) is 11.8 Å². The smallest absolute Gasteiger partial charge is 0.303 e. The van der Waals surface area contributed by atoms with Crippen LogP contribution in [0, 0.1) is 11.8 Å². The van der Waals surface area contributed by atoms with Gasteiger partial charge in [-0.25, -0.2) is 0 Å². The molecule has 0 amide bonds. The topological polar surface area (TPSA) is 37.3 Å². The average Bonchev–Trinajstić information content (AvgIpc) is 1.55. The Morgan fingerprint density at radius 3 is 2.60 bits per heavy atom. The maximum Gasteiger partial charge on any atom is 0.303 e. The second-order valence-electron chi connectivity index (χ2n) is 3.27. The fourth-order valence-corrected chi connectivity index (χ4v) is 1.45. The number of aliphatic carboxylic acids is 1. The molecule has 2 heteroatoms. The molecule has 1 rings (SSSR count). The van der Waals surface area contributed by atoms with Crippen LogP contribution in [-0.4, -0.2) is 11.1 Å². The summed E-state index contributed by atoms with van der Waals surface area (Å²) in [7, 11) is 0. The molecule has 1 aliphatic rings. The van der Waals surface area contributed by atoms with E-state index in [1.807, 2.05) is 6.92 Å². The summed E-state index contributed by atoms with van der Waals surface area (Å²) < 4.78 is 0. The standard InChI is InChI=1S/C8H14O2/c1-6(5-8(9)10)7-3-2-4-7/h6-7H,2-5H2,1H3,(H,9,10). The molecule has 0 radical (unpaired) electrons. The van der Waals surface area contributed by atoms with Gasteiger partial charge in [0.2, 0.25) is 0 Å². The number of hydrogen-bond donors (Lipinski definition) is 1.